The lowest BCUT2D eigenvalue weighted by Gasteiger charge is -2.29. The van der Waals surface area contributed by atoms with Gasteiger partial charge in [0.25, 0.3) is 10.2 Å². The molecule has 2 aliphatic heterocycles. The number of carbonyl (C=O) groups excluding carboxylic acids is 3. The van der Waals surface area contributed by atoms with Crippen LogP contribution in [0, 0.1) is 0 Å². The van der Waals surface area contributed by atoms with Gasteiger partial charge in [-0.1, -0.05) is 6.08 Å². The third kappa shape index (κ3) is 5.15. The largest absolute Gasteiger partial charge is 0.462 e. The van der Waals surface area contributed by atoms with Gasteiger partial charge >= 0.3 is 18.4 Å². The third-order valence-electron chi connectivity index (χ3n) is 3.97. The van der Waals surface area contributed by atoms with Crippen molar-refractivity contribution >= 4 is 28.1 Å². The molecule has 3 atom stereocenters. The Labute approximate surface area is 160 Å². The quantitative estimate of drug-likeness (QED) is 0.222. The average molecular weight is 423 g/mol. The molecule has 0 aliphatic carbocycles. The van der Waals surface area contributed by atoms with Crippen molar-refractivity contribution in [2.24, 2.45) is 5.14 Å². The second-order valence-electron chi connectivity index (χ2n) is 6.05. The Bertz CT molecular complexity index is 774. The zero-order valence-electron chi connectivity index (χ0n) is 15.3. The van der Waals surface area contributed by atoms with Crippen LogP contribution in [0.2, 0.25) is 0 Å². The summed E-state index contributed by atoms with van der Waals surface area (Å²) in [6, 6.07) is -2.44. The Morgan fingerprint density at radius 2 is 2.11 bits per heavy atom. The SMILES string of the molecule is CCOC(=O)[C@@H](F)ON1C(=O)N2C[C@H]1C=C(C)[C@H]2C(=O)NCCNS(N)(=O)=O. The topological polar surface area (TPSA) is 160 Å². The van der Waals surface area contributed by atoms with E-state index in [1.807, 2.05) is 4.72 Å². The van der Waals surface area contributed by atoms with Crippen molar-refractivity contribution in [3.63, 3.8) is 0 Å². The van der Waals surface area contributed by atoms with E-state index in [1.165, 1.54) is 11.8 Å². The lowest BCUT2D eigenvalue weighted by Crippen LogP contribution is -2.51. The molecule has 0 aromatic heterocycles. The molecule has 3 amide bonds. The maximum Gasteiger partial charge on any atom is 0.370 e. The highest BCUT2D eigenvalue weighted by Gasteiger charge is 2.48. The molecule has 2 rings (SSSR count). The number of urea groups is 1. The van der Waals surface area contributed by atoms with Crippen LogP contribution in [-0.2, 0) is 29.4 Å². The van der Waals surface area contributed by atoms with E-state index in [9.17, 15) is 27.2 Å². The first-order chi connectivity index (χ1) is 13.0. The predicted octanol–water partition coefficient (Wildman–Crippen LogP) is -1.88. The molecule has 0 unspecified atom stereocenters. The van der Waals surface area contributed by atoms with E-state index in [-0.39, 0.29) is 26.2 Å². The van der Waals surface area contributed by atoms with Gasteiger partial charge in [0.1, 0.15) is 6.04 Å². The number of rotatable bonds is 9. The van der Waals surface area contributed by atoms with Gasteiger partial charge in [-0.3, -0.25) is 4.79 Å². The molecule has 158 valence electrons. The number of esters is 1. The van der Waals surface area contributed by atoms with Crippen LogP contribution in [0.15, 0.2) is 11.6 Å². The fraction of sp³-hybridized carbons (Fsp3) is 0.643. The normalized spacial score (nSPS) is 22.7. The molecule has 2 bridgehead atoms. The molecule has 0 aromatic rings. The summed E-state index contributed by atoms with van der Waals surface area (Å²) in [7, 11) is -3.88. The fourth-order valence-corrected chi connectivity index (χ4v) is 3.28. The Kier molecular flexibility index (Phi) is 6.92. The maximum absolute atomic E-state index is 13.8. The number of alkyl halides is 1. The van der Waals surface area contributed by atoms with Gasteiger partial charge in [-0.25, -0.2) is 28.7 Å². The summed E-state index contributed by atoms with van der Waals surface area (Å²) in [4.78, 5) is 42.3. The molecule has 1 saturated heterocycles. The third-order valence-corrected chi connectivity index (χ3v) is 4.58. The summed E-state index contributed by atoms with van der Waals surface area (Å²) in [5.41, 5.74) is 0.513. The van der Waals surface area contributed by atoms with Gasteiger partial charge in [-0.2, -0.15) is 13.5 Å². The van der Waals surface area contributed by atoms with Crippen LogP contribution in [0.5, 0.6) is 0 Å². The zero-order chi connectivity index (χ0) is 21.1. The Morgan fingerprint density at radius 3 is 2.71 bits per heavy atom. The summed E-state index contributed by atoms with van der Waals surface area (Å²) in [6.07, 6.45) is -0.915. The van der Waals surface area contributed by atoms with E-state index in [2.05, 4.69) is 10.1 Å². The molecule has 1 fully saturated rings. The number of ether oxygens (including phenoxy) is 1. The monoisotopic (exact) mass is 423 g/mol. The highest BCUT2D eigenvalue weighted by Crippen LogP contribution is 2.30. The van der Waals surface area contributed by atoms with E-state index in [0.717, 1.165) is 0 Å². The maximum atomic E-state index is 13.8. The second-order valence-corrected chi connectivity index (χ2v) is 7.42. The Morgan fingerprint density at radius 1 is 1.43 bits per heavy atom. The van der Waals surface area contributed by atoms with Crippen LogP contribution in [-0.4, -0.2) is 81.0 Å². The van der Waals surface area contributed by atoms with Gasteiger partial charge in [-0.05, 0) is 19.4 Å². The van der Waals surface area contributed by atoms with Crippen molar-refractivity contribution in [3.8, 4) is 0 Å². The molecule has 28 heavy (non-hydrogen) atoms. The van der Waals surface area contributed by atoms with Gasteiger partial charge in [0, 0.05) is 13.1 Å². The number of nitrogens with two attached hydrogens (primary N) is 1. The minimum atomic E-state index is -3.88. The Hall–Kier alpha value is -2.29. The van der Waals surface area contributed by atoms with E-state index in [0.29, 0.717) is 10.6 Å². The second kappa shape index (κ2) is 8.81. The number of nitrogens with one attached hydrogen (secondary N) is 2. The van der Waals surface area contributed by atoms with Gasteiger partial charge < -0.3 is 15.0 Å². The van der Waals surface area contributed by atoms with Crippen LogP contribution in [0.25, 0.3) is 0 Å². The number of hydroxylamine groups is 2. The van der Waals surface area contributed by atoms with Crippen molar-refractivity contribution < 1.29 is 36.8 Å². The number of fused-ring (bicyclic) bond motifs is 2. The van der Waals surface area contributed by atoms with Crippen molar-refractivity contribution in [2.45, 2.75) is 32.3 Å². The van der Waals surface area contributed by atoms with Gasteiger partial charge in [0.15, 0.2) is 0 Å². The molecule has 0 saturated carbocycles. The van der Waals surface area contributed by atoms with Crippen LogP contribution in [0.4, 0.5) is 9.18 Å². The summed E-state index contributed by atoms with van der Waals surface area (Å²) >= 11 is 0. The number of nitrogens with zero attached hydrogens (tertiary/aromatic N) is 2. The molecule has 0 radical (unpaired) electrons. The summed E-state index contributed by atoms with van der Waals surface area (Å²) in [5, 5.41) is 7.96. The first-order valence-electron chi connectivity index (χ1n) is 8.36. The smallest absolute Gasteiger partial charge is 0.370 e. The molecule has 0 aromatic carbocycles. The standard InChI is InChI=1S/C14H22FN5O7S/c1-3-26-13(22)11(15)27-20-9-6-8(2)10(19(7-9)14(20)23)12(21)17-4-5-18-28(16,24)25/h6,9-11,18H,3-5,7H2,1-2H3,(H,17,21)(H2,16,24,25)/t9-,10+,11+/m1/s1. The fourth-order valence-electron chi connectivity index (χ4n) is 2.90. The minimum Gasteiger partial charge on any atom is -0.462 e. The van der Waals surface area contributed by atoms with Crippen molar-refractivity contribution in [1.82, 2.24) is 20.0 Å². The summed E-state index contributed by atoms with van der Waals surface area (Å²) in [6.45, 7) is 2.93. The summed E-state index contributed by atoms with van der Waals surface area (Å²) in [5.74, 6) is -1.81. The highest BCUT2D eigenvalue weighted by atomic mass is 32.2. The average Bonchev–Trinajstić information content (AvgIpc) is 2.83. The van der Waals surface area contributed by atoms with Crippen molar-refractivity contribution in [3.05, 3.63) is 11.6 Å². The molecular weight excluding hydrogens is 401 g/mol. The molecule has 12 nitrogen and oxygen atoms in total. The van der Waals surface area contributed by atoms with Crippen LogP contribution in [0.3, 0.4) is 0 Å². The van der Waals surface area contributed by atoms with E-state index < -0.39 is 46.6 Å². The molecular formula is C14H22FN5O7S. The zero-order valence-corrected chi connectivity index (χ0v) is 16.1. The molecule has 0 spiro atoms. The van der Waals surface area contributed by atoms with E-state index >= 15 is 0 Å². The van der Waals surface area contributed by atoms with Crippen molar-refractivity contribution in [1.29, 1.82) is 0 Å². The first kappa shape index (κ1) is 22.0. The van der Waals surface area contributed by atoms with Crippen LogP contribution < -0.4 is 15.2 Å². The van der Waals surface area contributed by atoms with Crippen LogP contribution in [0.1, 0.15) is 13.8 Å². The van der Waals surface area contributed by atoms with Crippen LogP contribution >= 0.6 is 0 Å². The van der Waals surface area contributed by atoms with Gasteiger partial charge in [0.2, 0.25) is 5.91 Å². The first-order valence-corrected chi connectivity index (χ1v) is 9.90. The lowest BCUT2D eigenvalue weighted by molar-refractivity contribution is -0.223. The van der Waals surface area contributed by atoms with Gasteiger partial charge in [0.05, 0.1) is 19.2 Å². The highest BCUT2D eigenvalue weighted by molar-refractivity contribution is 7.87. The molecule has 2 heterocycles. The Balaban J connectivity index is 1.99. The van der Waals surface area contributed by atoms with E-state index in [4.69, 9.17) is 9.98 Å². The molecule has 2 aliphatic rings. The molecule has 14 heteroatoms. The lowest BCUT2D eigenvalue weighted by atomic mass is 10.00. The number of hydrogen-bond donors (Lipinski definition) is 3. The van der Waals surface area contributed by atoms with E-state index in [1.54, 1.807) is 13.0 Å². The summed E-state index contributed by atoms with van der Waals surface area (Å²) < 4.78 is 41.9. The molecule has 4 N–H and O–H groups in total. The van der Waals surface area contributed by atoms with Gasteiger partial charge in [-0.15, -0.1) is 0 Å². The minimum absolute atomic E-state index is 0.0479. The number of carbonyl (C=O) groups is 3. The number of halogens is 1. The predicted molar refractivity (Wildman–Crippen MR) is 92.0 cm³/mol. The van der Waals surface area contributed by atoms with Crippen molar-refractivity contribution in [2.75, 3.05) is 26.2 Å². The number of hydrogen-bond acceptors (Lipinski definition) is 7. The number of amides is 3.